The highest BCUT2D eigenvalue weighted by molar-refractivity contribution is 5.83. The maximum Gasteiger partial charge on any atom is 0.407 e. The van der Waals surface area contributed by atoms with E-state index >= 15 is 0 Å². The molecule has 3 rings (SSSR count). The molecule has 2 atom stereocenters. The van der Waals surface area contributed by atoms with Crippen molar-refractivity contribution in [2.45, 2.75) is 31.7 Å². The summed E-state index contributed by atoms with van der Waals surface area (Å²) in [6, 6.07) is 15.1. The van der Waals surface area contributed by atoms with Gasteiger partial charge in [0, 0.05) is 26.0 Å². The number of carbonyl (C=O) groups is 3. The molecule has 8 heteroatoms. The number of nitrogens with one attached hydrogen (secondary N) is 2. The molecule has 1 aliphatic carbocycles. The molecule has 3 N–H and O–H groups in total. The maximum absolute atomic E-state index is 12.4. The number of ether oxygens (including phenoxy) is 2. The second-order valence-electron chi connectivity index (χ2n) is 8.10. The first-order valence-electron chi connectivity index (χ1n) is 11.0. The predicted octanol–water partition coefficient (Wildman–Crippen LogP) is 3.16. The van der Waals surface area contributed by atoms with Crippen molar-refractivity contribution in [3.05, 3.63) is 59.7 Å². The van der Waals surface area contributed by atoms with Crippen LogP contribution in [0.3, 0.4) is 0 Å². The van der Waals surface area contributed by atoms with Crippen molar-refractivity contribution in [2.24, 2.45) is 5.92 Å². The number of amides is 2. The molecule has 0 saturated heterocycles. The molecule has 0 bridgehead atoms. The van der Waals surface area contributed by atoms with Crippen LogP contribution in [0.1, 0.15) is 36.8 Å². The zero-order chi connectivity index (χ0) is 23.8. The standard InChI is InChI=1S/C25H30N2O6/c1-3-16(12-23(28)27-22(15-32-2)24(29)30)13-26-25(31)33-14-21-19-10-6-4-8-17(19)18-9-5-7-11-20(18)21/h4-11,16,21-22H,3,12-15H2,1-2H3,(H,26,31)(H,27,28)(H,29,30)/t16?,22-/m0/s1. The third-order valence-corrected chi connectivity index (χ3v) is 5.90. The van der Waals surface area contributed by atoms with E-state index in [1.165, 1.54) is 7.11 Å². The summed E-state index contributed by atoms with van der Waals surface area (Å²) >= 11 is 0. The molecule has 0 aromatic heterocycles. The van der Waals surface area contributed by atoms with E-state index in [0.717, 1.165) is 22.3 Å². The number of hydrogen-bond donors (Lipinski definition) is 3. The molecule has 2 amide bonds. The molecule has 176 valence electrons. The molecule has 33 heavy (non-hydrogen) atoms. The molecular weight excluding hydrogens is 424 g/mol. The van der Waals surface area contributed by atoms with Gasteiger partial charge in [-0.25, -0.2) is 9.59 Å². The lowest BCUT2D eigenvalue weighted by molar-refractivity contribution is -0.143. The highest BCUT2D eigenvalue weighted by Gasteiger charge is 2.29. The van der Waals surface area contributed by atoms with E-state index in [-0.39, 0.29) is 38.0 Å². The van der Waals surface area contributed by atoms with Crippen molar-refractivity contribution in [3.8, 4) is 11.1 Å². The second-order valence-corrected chi connectivity index (χ2v) is 8.10. The summed E-state index contributed by atoms with van der Waals surface area (Å²) in [5.41, 5.74) is 4.59. The number of hydrogen-bond acceptors (Lipinski definition) is 5. The van der Waals surface area contributed by atoms with Crippen molar-refractivity contribution in [1.29, 1.82) is 0 Å². The third-order valence-electron chi connectivity index (χ3n) is 5.90. The number of carboxylic acid groups (broad SMARTS) is 1. The van der Waals surface area contributed by atoms with Gasteiger partial charge in [0.15, 0.2) is 6.04 Å². The van der Waals surface area contributed by atoms with Gasteiger partial charge in [-0.15, -0.1) is 0 Å². The number of aliphatic carboxylic acids is 1. The van der Waals surface area contributed by atoms with Gasteiger partial charge in [-0.3, -0.25) is 4.79 Å². The molecule has 1 unspecified atom stereocenters. The van der Waals surface area contributed by atoms with Crippen LogP contribution < -0.4 is 10.6 Å². The first-order valence-corrected chi connectivity index (χ1v) is 11.0. The Hall–Kier alpha value is -3.39. The van der Waals surface area contributed by atoms with E-state index in [4.69, 9.17) is 14.6 Å². The lowest BCUT2D eigenvalue weighted by atomic mass is 9.98. The van der Waals surface area contributed by atoms with Crippen LogP contribution in [0, 0.1) is 5.92 Å². The van der Waals surface area contributed by atoms with Gasteiger partial charge < -0.3 is 25.2 Å². The number of benzene rings is 2. The zero-order valence-corrected chi connectivity index (χ0v) is 18.9. The highest BCUT2D eigenvalue weighted by Crippen LogP contribution is 2.44. The molecule has 0 aliphatic heterocycles. The van der Waals surface area contributed by atoms with Crippen LogP contribution in [0.25, 0.3) is 11.1 Å². The Morgan fingerprint density at radius 1 is 1.03 bits per heavy atom. The van der Waals surface area contributed by atoms with E-state index in [1.807, 2.05) is 31.2 Å². The van der Waals surface area contributed by atoms with E-state index in [0.29, 0.717) is 6.42 Å². The van der Waals surface area contributed by atoms with Gasteiger partial charge in [-0.1, -0.05) is 61.9 Å². The first kappa shape index (κ1) is 24.3. The van der Waals surface area contributed by atoms with Gasteiger partial charge in [-0.2, -0.15) is 0 Å². The van der Waals surface area contributed by atoms with Crippen LogP contribution in [0.5, 0.6) is 0 Å². The second kappa shape index (κ2) is 11.5. The minimum atomic E-state index is -1.16. The van der Waals surface area contributed by atoms with Gasteiger partial charge in [0.05, 0.1) is 6.61 Å². The fourth-order valence-corrected chi connectivity index (χ4v) is 4.09. The third kappa shape index (κ3) is 6.10. The first-order chi connectivity index (χ1) is 15.9. The van der Waals surface area contributed by atoms with Gasteiger partial charge in [0.2, 0.25) is 5.91 Å². The summed E-state index contributed by atoms with van der Waals surface area (Å²) in [6.45, 7) is 2.26. The Morgan fingerprint density at radius 3 is 2.18 bits per heavy atom. The van der Waals surface area contributed by atoms with E-state index < -0.39 is 24.0 Å². The minimum absolute atomic E-state index is 0.0235. The SMILES string of the molecule is CCC(CNC(=O)OCC1c2ccccc2-c2ccccc21)CC(=O)N[C@@H](COC)C(=O)O. The number of carboxylic acids is 1. The lowest BCUT2D eigenvalue weighted by Gasteiger charge is -2.19. The molecule has 2 aromatic rings. The summed E-state index contributed by atoms with van der Waals surface area (Å²) in [7, 11) is 1.37. The van der Waals surface area contributed by atoms with Crippen LogP contribution in [0.4, 0.5) is 4.79 Å². The highest BCUT2D eigenvalue weighted by atomic mass is 16.5. The Bertz CT molecular complexity index is 947. The molecule has 0 radical (unpaired) electrons. The van der Waals surface area contributed by atoms with Crippen LogP contribution >= 0.6 is 0 Å². The van der Waals surface area contributed by atoms with Crippen LogP contribution in [-0.2, 0) is 19.1 Å². The molecule has 8 nitrogen and oxygen atoms in total. The zero-order valence-electron chi connectivity index (χ0n) is 18.9. The number of rotatable bonds is 11. The van der Waals surface area contributed by atoms with Crippen LogP contribution in [0.15, 0.2) is 48.5 Å². The number of fused-ring (bicyclic) bond motifs is 3. The van der Waals surface area contributed by atoms with Crippen molar-refractivity contribution in [3.63, 3.8) is 0 Å². The number of methoxy groups -OCH3 is 1. The molecular formula is C25H30N2O6. The molecule has 0 heterocycles. The Morgan fingerprint density at radius 2 is 1.64 bits per heavy atom. The topological polar surface area (TPSA) is 114 Å². The van der Waals surface area contributed by atoms with Gasteiger partial charge in [0.1, 0.15) is 6.61 Å². The Labute approximate surface area is 193 Å². The average molecular weight is 455 g/mol. The smallest absolute Gasteiger partial charge is 0.407 e. The summed E-state index contributed by atoms with van der Waals surface area (Å²) < 4.78 is 10.3. The predicted molar refractivity (Wildman–Crippen MR) is 123 cm³/mol. The van der Waals surface area contributed by atoms with Crippen LogP contribution in [0.2, 0.25) is 0 Å². The van der Waals surface area contributed by atoms with Gasteiger partial charge >= 0.3 is 12.1 Å². The molecule has 0 fully saturated rings. The average Bonchev–Trinajstić information content (AvgIpc) is 3.13. The maximum atomic E-state index is 12.4. The fraction of sp³-hybridized carbons (Fsp3) is 0.400. The quantitative estimate of drug-likeness (QED) is 0.481. The van der Waals surface area contributed by atoms with Crippen LogP contribution in [-0.4, -0.2) is 56.0 Å². The molecule has 0 saturated carbocycles. The number of carbonyl (C=O) groups excluding carboxylic acids is 2. The van der Waals surface area contributed by atoms with Crippen molar-refractivity contribution in [2.75, 3.05) is 26.9 Å². The Kier molecular flexibility index (Phi) is 8.43. The van der Waals surface area contributed by atoms with Gasteiger partial charge in [0.25, 0.3) is 0 Å². The van der Waals surface area contributed by atoms with E-state index in [2.05, 4.69) is 34.9 Å². The lowest BCUT2D eigenvalue weighted by Crippen LogP contribution is -2.44. The summed E-state index contributed by atoms with van der Waals surface area (Å²) in [5.74, 6) is -1.73. The molecule has 0 spiro atoms. The number of alkyl carbamates (subject to hydrolysis) is 1. The molecule has 2 aromatic carbocycles. The normalized spacial score (nSPS) is 14.0. The van der Waals surface area contributed by atoms with Gasteiger partial charge in [-0.05, 0) is 28.2 Å². The van der Waals surface area contributed by atoms with Crippen molar-refractivity contribution in [1.82, 2.24) is 10.6 Å². The van der Waals surface area contributed by atoms with Crippen molar-refractivity contribution < 1.29 is 29.0 Å². The van der Waals surface area contributed by atoms with E-state index in [9.17, 15) is 14.4 Å². The minimum Gasteiger partial charge on any atom is -0.480 e. The summed E-state index contributed by atoms with van der Waals surface area (Å²) in [6.07, 6.45) is 0.186. The van der Waals surface area contributed by atoms with E-state index in [1.54, 1.807) is 0 Å². The Balaban J connectivity index is 1.50. The fourth-order valence-electron chi connectivity index (χ4n) is 4.09. The largest absolute Gasteiger partial charge is 0.480 e. The monoisotopic (exact) mass is 454 g/mol. The molecule has 1 aliphatic rings. The van der Waals surface area contributed by atoms with Crippen molar-refractivity contribution >= 4 is 18.0 Å². The summed E-state index contributed by atoms with van der Waals surface area (Å²) in [4.78, 5) is 35.7. The summed E-state index contributed by atoms with van der Waals surface area (Å²) in [5, 5.41) is 14.3.